The van der Waals surface area contributed by atoms with Gasteiger partial charge in [-0.2, -0.15) is 5.26 Å². The maximum absolute atomic E-state index is 13.6. The number of hydrogen-bond acceptors (Lipinski definition) is 4. The number of carbonyl (C=O) groups excluding carboxylic acids is 1. The molecule has 170 valence electrons. The maximum atomic E-state index is 13.6. The number of para-hydroxylation sites is 1. The number of nitrogens with zero attached hydrogens (tertiary/aromatic N) is 2. The molecule has 1 aliphatic carbocycles. The summed E-state index contributed by atoms with van der Waals surface area (Å²) in [5.74, 6) is -0.199. The van der Waals surface area contributed by atoms with Gasteiger partial charge in [0.25, 0.3) is 5.91 Å². The molecule has 0 radical (unpaired) electrons. The number of carbonyl (C=O) groups is 1. The number of nitrogens with one attached hydrogen (secondary N) is 1. The average molecular weight is 466 g/mol. The molecule has 34 heavy (non-hydrogen) atoms. The fourth-order valence-electron chi connectivity index (χ4n) is 4.90. The first kappa shape index (κ1) is 22.3. The Bertz CT molecular complexity index is 1440. The molecule has 0 atom stereocenters. The second kappa shape index (κ2) is 9.40. The Morgan fingerprint density at radius 3 is 2.62 bits per heavy atom. The fraction of sp³-hybridized carbons (Fsp3) is 0.276. The number of amides is 1. The Morgan fingerprint density at radius 1 is 1.03 bits per heavy atom. The third-order valence-electron chi connectivity index (χ3n) is 6.63. The van der Waals surface area contributed by atoms with Gasteiger partial charge in [0, 0.05) is 15.8 Å². The summed E-state index contributed by atoms with van der Waals surface area (Å²) >= 11 is 1.57. The van der Waals surface area contributed by atoms with Gasteiger partial charge in [0.15, 0.2) is 0 Å². The molecule has 5 heteroatoms. The van der Waals surface area contributed by atoms with Crippen molar-refractivity contribution in [1.82, 2.24) is 4.98 Å². The van der Waals surface area contributed by atoms with E-state index in [1.807, 2.05) is 30.3 Å². The van der Waals surface area contributed by atoms with E-state index in [0.717, 1.165) is 59.0 Å². The lowest BCUT2D eigenvalue weighted by atomic mass is 9.97. The van der Waals surface area contributed by atoms with E-state index in [1.54, 1.807) is 11.3 Å². The van der Waals surface area contributed by atoms with Gasteiger partial charge in [-0.3, -0.25) is 4.79 Å². The Kier molecular flexibility index (Phi) is 6.17. The number of anilines is 1. The number of nitriles is 1. The minimum Gasteiger partial charge on any atom is -0.312 e. The van der Waals surface area contributed by atoms with Crippen molar-refractivity contribution in [3.05, 3.63) is 81.2 Å². The molecule has 1 amide bonds. The van der Waals surface area contributed by atoms with E-state index in [-0.39, 0.29) is 5.91 Å². The van der Waals surface area contributed by atoms with Gasteiger partial charge in [0.05, 0.1) is 22.3 Å². The molecule has 0 bridgehead atoms. The van der Waals surface area contributed by atoms with Gasteiger partial charge in [-0.1, -0.05) is 54.8 Å². The van der Waals surface area contributed by atoms with Crippen molar-refractivity contribution in [2.24, 2.45) is 0 Å². The highest BCUT2D eigenvalue weighted by Crippen LogP contribution is 2.37. The van der Waals surface area contributed by atoms with Crippen LogP contribution < -0.4 is 5.32 Å². The smallest absolute Gasteiger partial charge is 0.257 e. The lowest BCUT2D eigenvalue weighted by Crippen LogP contribution is -2.13. The van der Waals surface area contributed by atoms with Crippen LogP contribution in [0.5, 0.6) is 0 Å². The number of fused-ring (bicyclic) bond motifs is 2. The maximum Gasteiger partial charge on any atom is 0.257 e. The van der Waals surface area contributed by atoms with E-state index in [9.17, 15) is 10.1 Å². The van der Waals surface area contributed by atoms with Crippen molar-refractivity contribution in [3.8, 4) is 17.3 Å². The summed E-state index contributed by atoms with van der Waals surface area (Å²) in [6, 6.07) is 18.3. The first-order valence-corrected chi connectivity index (χ1v) is 12.7. The van der Waals surface area contributed by atoms with Gasteiger partial charge >= 0.3 is 0 Å². The molecule has 0 unspecified atom stereocenters. The molecule has 2 heterocycles. The molecule has 0 saturated heterocycles. The molecule has 1 aliphatic rings. The van der Waals surface area contributed by atoms with Crippen molar-refractivity contribution >= 4 is 33.1 Å². The highest BCUT2D eigenvalue weighted by molar-refractivity contribution is 7.16. The van der Waals surface area contributed by atoms with Gasteiger partial charge in [-0.05, 0) is 62.8 Å². The molecule has 2 aromatic carbocycles. The molecule has 4 nitrogen and oxygen atoms in total. The van der Waals surface area contributed by atoms with E-state index < -0.39 is 0 Å². The highest BCUT2D eigenvalue weighted by atomic mass is 32.1. The van der Waals surface area contributed by atoms with Crippen LogP contribution in [0.25, 0.3) is 22.2 Å². The number of hydrogen-bond donors (Lipinski definition) is 1. The van der Waals surface area contributed by atoms with Gasteiger partial charge < -0.3 is 5.32 Å². The van der Waals surface area contributed by atoms with Crippen molar-refractivity contribution < 1.29 is 4.79 Å². The topological polar surface area (TPSA) is 65.8 Å². The third-order valence-corrected chi connectivity index (χ3v) is 7.84. The Balaban J connectivity index is 1.58. The lowest BCUT2D eigenvalue weighted by molar-refractivity contribution is 0.102. The zero-order chi connectivity index (χ0) is 23.7. The van der Waals surface area contributed by atoms with E-state index in [0.29, 0.717) is 16.1 Å². The number of thiophene rings is 1. The molecule has 2 aromatic heterocycles. The standard InChI is InChI=1S/C29H27N3OS/c1-18-13-14-20(19(2)15-18)26-16-23(21-9-7-8-11-25(21)31-26)28(33)32-29-24(17-30)22-10-5-3-4-6-12-27(22)34-29/h7-9,11,13-16H,3-6,10,12H2,1-2H3,(H,32,33). The summed E-state index contributed by atoms with van der Waals surface area (Å²) in [5.41, 5.74) is 7.24. The molecule has 0 aliphatic heterocycles. The second-order valence-electron chi connectivity index (χ2n) is 9.08. The van der Waals surface area contributed by atoms with Crippen LogP contribution >= 0.6 is 11.3 Å². The molecule has 1 N–H and O–H groups in total. The fourth-order valence-corrected chi connectivity index (χ4v) is 6.13. The Morgan fingerprint density at radius 2 is 1.82 bits per heavy atom. The van der Waals surface area contributed by atoms with E-state index in [1.165, 1.54) is 23.3 Å². The molecule has 5 rings (SSSR count). The second-order valence-corrected chi connectivity index (χ2v) is 10.2. The normalized spacial score (nSPS) is 13.6. The van der Waals surface area contributed by atoms with E-state index >= 15 is 0 Å². The minimum atomic E-state index is -0.199. The molecule has 4 aromatic rings. The third kappa shape index (κ3) is 4.22. The summed E-state index contributed by atoms with van der Waals surface area (Å²) in [5, 5.41) is 14.5. The van der Waals surface area contributed by atoms with E-state index in [4.69, 9.17) is 4.98 Å². The highest BCUT2D eigenvalue weighted by Gasteiger charge is 2.22. The molecular formula is C29H27N3OS. The Labute approximate surface area is 204 Å². The monoisotopic (exact) mass is 465 g/mol. The average Bonchev–Trinajstić information content (AvgIpc) is 3.13. The zero-order valence-electron chi connectivity index (χ0n) is 19.6. The minimum absolute atomic E-state index is 0.199. The first-order chi connectivity index (χ1) is 16.5. The van der Waals surface area contributed by atoms with Gasteiger partial charge in [0.2, 0.25) is 0 Å². The van der Waals surface area contributed by atoms with E-state index in [2.05, 4.69) is 43.4 Å². The predicted octanol–water partition coefficient (Wildman–Crippen LogP) is 7.36. The van der Waals surface area contributed by atoms with Crippen LogP contribution in [-0.2, 0) is 12.8 Å². The summed E-state index contributed by atoms with van der Waals surface area (Å²) in [7, 11) is 0. The van der Waals surface area contributed by atoms with Crippen LogP contribution in [0.2, 0.25) is 0 Å². The largest absolute Gasteiger partial charge is 0.312 e. The first-order valence-electron chi connectivity index (χ1n) is 11.9. The lowest BCUT2D eigenvalue weighted by Gasteiger charge is -2.12. The number of benzene rings is 2. The molecule has 0 fully saturated rings. The van der Waals surface area contributed by atoms with Crippen molar-refractivity contribution in [1.29, 1.82) is 5.26 Å². The van der Waals surface area contributed by atoms with Crippen molar-refractivity contribution in [3.63, 3.8) is 0 Å². The predicted molar refractivity (Wildman–Crippen MR) is 140 cm³/mol. The summed E-state index contributed by atoms with van der Waals surface area (Å²) in [6.45, 7) is 4.14. The van der Waals surface area contributed by atoms with Gasteiger partial charge in [-0.15, -0.1) is 11.3 Å². The quantitative estimate of drug-likeness (QED) is 0.344. The number of aromatic nitrogens is 1. The van der Waals surface area contributed by atoms with Crippen LogP contribution in [0.1, 0.15) is 63.2 Å². The summed E-state index contributed by atoms with van der Waals surface area (Å²) < 4.78 is 0. The van der Waals surface area contributed by atoms with Crippen LogP contribution in [-0.4, -0.2) is 10.9 Å². The SMILES string of the molecule is Cc1ccc(-c2cc(C(=O)Nc3sc4c(c3C#N)CCCCCC4)c3ccccc3n2)c(C)c1. The molecule has 0 spiro atoms. The van der Waals surface area contributed by atoms with Crippen molar-refractivity contribution in [2.45, 2.75) is 52.4 Å². The van der Waals surface area contributed by atoms with Crippen LogP contribution in [0.3, 0.4) is 0 Å². The number of pyridine rings is 1. The Hall–Kier alpha value is -3.49. The van der Waals surface area contributed by atoms with Crippen LogP contribution in [0.4, 0.5) is 5.00 Å². The van der Waals surface area contributed by atoms with Gasteiger partial charge in [-0.25, -0.2) is 4.98 Å². The van der Waals surface area contributed by atoms with Crippen LogP contribution in [0.15, 0.2) is 48.5 Å². The zero-order valence-corrected chi connectivity index (χ0v) is 20.4. The number of aryl methyl sites for hydroxylation is 3. The van der Waals surface area contributed by atoms with Crippen LogP contribution in [0, 0.1) is 25.2 Å². The van der Waals surface area contributed by atoms with Crippen molar-refractivity contribution in [2.75, 3.05) is 5.32 Å². The molecule has 0 saturated carbocycles. The summed E-state index contributed by atoms with van der Waals surface area (Å²) in [6.07, 6.45) is 6.57. The van der Waals surface area contributed by atoms with Gasteiger partial charge in [0.1, 0.15) is 11.1 Å². The summed E-state index contributed by atoms with van der Waals surface area (Å²) in [4.78, 5) is 19.7. The molecular weight excluding hydrogens is 438 g/mol. The number of rotatable bonds is 3.